The largest absolute Gasteiger partial charge is 0.325 e. The number of likely N-dealkylation sites (tertiary alicyclic amines) is 1. The molecule has 0 bridgehead atoms. The van der Waals surface area contributed by atoms with Crippen LogP contribution in [0.5, 0.6) is 0 Å². The van der Waals surface area contributed by atoms with Gasteiger partial charge in [-0.3, -0.25) is 14.8 Å². The van der Waals surface area contributed by atoms with Gasteiger partial charge in [0.05, 0.1) is 23.1 Å². The van der Waals surface area contributed by atoms with Crippen LogP contribution in [-0.4, -0.2) is 51.0 Å². The molecule has 1 saturated heterocycles. The first-order valence-corrected chi connectivity index (χ1v) is 10.3. The minimum atomic E-state index is -0.205. The number of benzene rings is 1. The summed E-state index contributed by atoms with van der Waals surface area (Å²) in [6.07, 6.45) is 5.86. The number of aromatic nitrogens is 3. The smallest absolute Gasteiger partial charge is 0.129 e. The number of imidazole rings is 1. The molecule has 2 aliphatic rings. The molecule has 29 heavy (non-hydrogen) atoms. The minimum Gasteiger partial charge on any atom is -0.325 e. The van der Waals surface area contributed by atoms with Crippen LogP contribution in [0.3, 0.4) is 0 Å². The molecular weight excluding hydrogens is 365 g/mol. The van der Waals surface area contributed by atoms with E-state index in [1.165, 1.54) is 6.07 Å². The first-order chi connectivity index (χ1) is 14.2. The fourth-order valence-electron chi connectivity index (χ4n) is 4.89. The molecule has 6 heteroatoms. The van der Waals surface area contributed by atoms with Crippen molar-refractivity contribution in [1.82, 2.24) is 24.3 Å². The van der Waals surface area contributed by atoms with Crippen LogP contribution < -0.4 is 0 Å². The third kappa shape index (κ3) is 3.26. The molecule has 4 heterocycles. The predicted molar refractivity (Wildman–Crippen MR) is 111 cm³/mol. The van der Waals surface area contributed by atoms with E-state index in [0.717, 1.165) is 68.3 Å². The maximum atomic E-state index is 13.8. The number of rotatable bonds is 3. The lowest BCUT2D eigenvalue weighted by Gasteiger charge is -2.49. The molecule has 0 radical (unpaired) electrons. The van der Waals surface area contributed by atoms with E-state index < -0.39 is 0 Å². The summed E-state index contributed by atoms with van der Waals surface area (Å²) >= 11 is 0. The Balaban J connectivity index is 1.41. The molecule has 1 spiro atoms. The maximum Gasteiger partial charge on any atom is 0.129 e. The summed E-state index contributed by atoms with van der Waals surface area (Å²) in [6, 6.07) is 12.9. The van der Waals surface area contributed by atoms with Crippen molar-refractivity contribution in [2.75, 3.05) is 26.7 Å². The number of fused-ring (bicyclic) bond motifs is 2. The van der Waals surface area contributed by atoms with Gasteiger partial charge in [0.25, 0.3) is 0 Å². The molecule has 2 aromatic heterocycles. The lowest BCUT2D eigenvalue weighted by molar-refractivity contribution is 0.00671. The van der Waals surface area contributed by atoms with E-state index in [-0.39, 0.29) is 11.4 Å². The van der Waals surface area contributed by atoms with Crippen molar-refractivity contribution in [2.45, 2.75) is 31.5 Å². The standard InChI is InChI=1S/C23H26FN5/c1-27-13-14-29-21(18-5-4-6-19(24)15-18)16-26-22(29)23(27)8-11-28(12-9-23)17-20-7-2-3-10-25-20/h2-7,10,15-16H,8-9,11-14,17H2,1H3. The number of nitrogens with zero attached hydrogens (tertiary/aromatic N) is 5. The van der Waals surface area contributed by atoms with E-state index >= 15 is 0 Å². The zero-order valence-corrected chi connectivity index (χ0v) is 16.8. The van der Waals surface area contributed by atoms with Crippen LogP contribution in [0.15, 0.2) is 54.9 Å². The van der Waals surface area contributed by atoms with Crippen LogP contribution >= 0.6 is 0 Å². The molecule has 0 unspecified atom stereocenters. The van der Waals surface area contributed by atoms with Crippen molar-refractivity contribution in [3.63, 3.8) is 0 Å². The van der Waals surface area contributed by atoms with E-state index in [9.17, 15) is 4.39 Å². The molecule has 150 valence electrons. The van der Waals surface area contributed by atoms with Crippen LogP contribution in [0, 0.1) is 5.82 Å². The number of pyridine rings is 1. The molecule has 0 atom stereocenters. The van der Waals surface area contributed by atoms with Crippen molar-refractivity contribution in [2.24, 2.45) is 0 Å². The molecular formula is C23H26FN5. The molecule has 1 fully saturated rings. The van der Waals surface area contributed by atoms with E-state index in [0.29, 0.717) is 0 Å². The lowest BCUT2D eigenvalue weighted by atomic mass is 9.83. The van der Waals surface area contributed by atoms with Crippen LogP contribution in [0.2, 0.25) is 0 Å². The summed E-state index contributed by atoms with van der Waals surface area (Å²) in [6.45, 7) is 4.79. The third-order valence-corrected chi connectivity index (χ3v) is 6.58. The third-order valence-electron chi connectivity index (χ3n) is 6.58. The van der Waals surface area contributed by atoms with Gasteiger partial charge < -0.3 is 4.57 Å². The topological polar surface area (TPSA) is 37.2 Å². The second-order valence-corrected chi connectivity index (χ2v) is 8.18. The highest BCUT2D eigenvalue weighted by molar-refractivity contribution is 5.60. The predicted octanol–water partition coefficient (Wildman–Crippen LogP) is 3.52. The van der Waals surface area contributed by atoms with Crippen molar-refractivity contribution in [1.29, 1.82) is 0 Å². The van der Waals surface area contributed by atoms with Gasteiger partial charge in [-0.15, -0.1) is 0 Å². The maximum absolute atomic E-state index is 13.8. The van der Waals surface area contributed by atoms with E-state index in [1.807, 2.05) is 30.6 Å². The van der Waals surface area contributed by atoms with Gasteiger partial charge in [0.2, 0.25) is 0 Å². The number of halogens is 1. The second kappa shape index (κ2) is 7.35. The Morgan fingerprint density at radius 3 is 2.62 bits per heavy atom. The Hall–Kier alpha value is -2.57. The van der Waals surface area contributed by atoms with Crippen molar-refractivity contribution in [3.05, 3.63) is 72.2 Å². The number of hydrogen-bond acceptors (Lipinski definition) is 4. The summed E-state index contributed by atoms with van der Waals surface area (Å²) in [5.74, 6) is 0.923. The van der Waals surface area contributed by atoms with Gasteiger partial charge >= 0.3 is 0 Å². The first kappa shape index (κ1) is 18.5. The van der Waals surface area contributed by atoms with E-state index in [4.69, 9.17) is 4.98 Å². The average molecular weight is 391 g/mol. The van der Waals surface area contributed by atoms with Gasteiger partial charge in [-0.25, -0.2) is 9.37 Å². The molecule has 0 aliphatic carbocycles. The van der Waals surface area contributed by atoms with Crippen molar-refractivity contribution >= 4 is 0 Å². The monoisotopic (exact) mass is 391 g/mol. The van der Waals surface area contributed by atoms with E-state index in [1.54, 1.807) is 12.1 Å². The van der Waals surface area contributed by atoms with Crippen LogP contribution in [0.1, 0.15) is 24.4 Å². The summed E-state index contributed by atoms with van der Waals surface area (Å²) in [7, 11) is 2.22. The van der Waals surface area contributed by atoms with Gasteiger partial charge in [-0.2, -0.15) is 0 Å². The zero-order valence-electron chi connectivity index (χ0n) is 16.8. The summed E-state index contributed by atoms with van der Waals surface area (Å²) < 4.78 is 16.1. The highest BCUT2D eigenvalue weighted by Gasteiger charge is 2.45. The first-order valence-electron chi connectivity index (χ1n) is 10.3. The number of hydrogen-bond donors (Lipinski definition) is 0. The van der Waals surface area contributed by atoms with Crippen LogP contribution in [0.25, 0.3) is 11.3 Å². The summed E-state index contributed by atoms with van der Waals surface area (Å²) in [5, 5.41) is 0. The second-order valence-electron chi connectivity index (χ2n) is 8.18. The van der Waals surface area contributed by atoms with Gasteiger partial charge in [-0.1, -0.05) is 18.2 Å². The molecule has 5 rings (SSSR count). The summed E-state index contributed by atoms with van der Waals surface area (Å²) in [5.41, 5.74) is 2.99. The Morgan fingerprint density at radius 2 is 1.86 bits per heavy atom. The molecule has 0 saturated carbocycles. The summed E-state index contributed by atoms with van der Waals surface area (Å²) in [4.78, 5) is 14.3. The number of piperidine rings is 1. The molecule has 3 aromatic rings. The van der Waals surface area contributed by atoms with Crippen molar-refractivity contribution in [3.8, 4) is 11.3 Å². The highest BCUT2D eigenvalue weighted by atomic mass is 19.1. The molecule has 0 N–H and O–H groups in total. The molecule has 2 aliphatic heterocycles. The van der Waals surface area contributed by atoms with Crippen molar-refractivity contribution < 1.29 is 4.39 Å². The van der Waals surface area contributed by atoms with Gasteiger partial charge in [0.1, 0.15) is 11.6 Å². The van der Waals surface area contributed by atoms with Crippen LogP contribution in [0.4, 0.5) is 4.39 Å². The van der Waals surface area contributed by atoms with Gasteiger partial charge in [0.15, 0.2) is 0 Å². The Kier molecular flexibility index (Phi) is 4.68. The fraction of sp³-hybridized carbons (Fsp3) is 0.391. The SMILES string of the molecule is CN1CCn2c(-c3cccc(F)c3)cnc2C12CCN(Cc1ccccn1)CC2. The van der Waals surface area contributed by atoms with Gasteiger partial charge in [0, 0.05) is 44.5 Å². The highest BCUT2D eigenvalue weighted by Crippen LogP contribution is 2.41. The zero-order chi connectivity index (χ0) is 19.8. The average Bonchev–Trinajstić information content (AvgIpc) is 3.18. The molecule has 5 nitrogen and oxygen atoms in total. The quantitative estimate of drug-likeness (QED) is 0.685. The molecule has 0 amide bonds. The normalized spacial score (nSPS) is 19.4. The van der Waals surface area contributed by atoms with E-state index in [2.05, 4.69) is 32.5 Å². The minimum absolute atomic E-state index is 0.0511. The Morgan fingerprint density at radius 1 is 1.00 bits per heavy atom. The number of likely N-dealkylation sites (N-methyl/N-ethyl adjacent to an activating group) is 1. The Bertz CT molecular complexity index is 992. The van der Waals surface area contributed by atoms with Gasteiger partial charge in [-0.05, 0) is 44.2 Å². The van der Waals surface area contributed by atoms with Crippen LogP contribution in [-0.2, 0) is 18.6 Å². The Labute approximate surface area is 170 Å². The lowest BCUT2D eigenvalue weighted by Crippen LogP contribution is -2.56. The fourth-order valence-corrected chi connectivity index (χ4v) is 4.89. The molecule has 1 aromatic carbocycles.